The number of aromatic nitrogens is 2. The van der Waals surface area contributed by atoms with Crippen LogP contribution in [0, 0.1) is 0 Å². The zero-order chi connectivity index (χ0) is 14.8. The molecule has 1 aromatic heterocycles. The van der Waals surface area contributed by atoms with Crippen LogP contribution in [0.2, 0.25) is 0 Å². The van der Waals surface area contributed by atoms with Gasteiger partial charge < -0.3 is 14.8 Å². The molecule has 6 nitrogen and oxygen atoms in total. The zero-order valence-electron chi connectivity index (χ0n) is 13.0. The average molecular weight is 291 g/mol. The number of rotatable bonds is 5. The van der Waals surface area contributed by atoms with E-state index in [-0.39, 0.29) is 5.56 Å². The number of likely N-dealkylation sites (N-methyl/N-ethyl adjacent to an activating group) is 1. The molecule has 0 radical (unpaired) electrons. The Balaban J connectivity index is 1.60. The van der Waals surface area contributed by atoms with Crippen molar-refractivity contribution in [2.75, 3.05) is 58.3 Å². The molecule has 0 unspecified atom stereocenters. The molecule has 0 amide bonds. The molecule has 6 heteroatoms. The molecule has 0 atom stereocenters. The average Bonchev–Trinajstić information content (AvgIpc) is 3.29. The van der Waals surface area contributed by atoms with E-state index in [4.69, 9.17) is 0 Å². The largest absolute Gasteiger partial charge is 0.354 e. The number of piperazine rings is 1. The van der Waals surface area contributed by atoms with Gasteiger partial charge in [-0.1, -0.05) is 0 Å². The van der Waals surface area contributed by atoms with Crippen LogP contribution >= 0.6 is 0 Å². The van der Waals surface area contributed by atoms with Crippen LogP contribution in [0.25, 0.3) is 0 Å². The van der Waals surface area contributed by atoms with Crippen molar-refractivity contribution < 1.29 is 0 Å². The molecule has 1 saturated heterocycles. The second-order valence-corrected chi connectivity index (χ2v) is 6.40. The Kier molecular flexibility index (Phi) is 4.26. The van der Waals surface area contributed by atoms with Gasteiger partial charge in [0.2, 0.25) is 0 Å². The quantitative estimate of drug-likeness (QED) is 0.847. The number of hydrogen-bond acceptors (Lipinski definition) is 5. The molecule has 116 valence electrons. The summed E-state index contributed by atoms with van der Waals surface area (Å²) < 4.78 is 0. The second kappa shape index (κ2) is 6.15. The highest BCUT2D eigenvalue weighted by Gasteiger charge is 2.27. The van der Waals surface area contributed by atoms with E-state index in [0.29, 0.717) is 5.92 Å². The second-order valence-electron chi connectivity index (χ2n) is 6.40. The van der Waals surface area contributed by atoms with Crippen LogP contribution in [0.5, 0.6) is 0 Å². The Morgan fingerprint density at radius 1 is 1.29 bits per heavy atom. The normalized spacial score (nSPS) is 20.2. The minimum Gasteiger partial charge on any atom is -0.354 e. The minimum absolute atomic E-state index is 0.0167. The molecule has 1 saturated carbocycles. The van der Waals surface area contributed by atoms with Crippen molar-refractivity contribution in [3.8, 4) is 0 Å². The molecule has 3 rings (SSSR count). The first-order chi connectivity index (χ1) is 10.1. The molecule has 2 aliphatic rings. The Labute approximate surface area is 125 Å². The number of nitrogens with zero attached hydrogens (tertiary/aromatic N) is 4. The lowest BCUT2D eigenvalue weighted by atomic mass is 10.3. The highest BCUT2D eigenvalue weighted by molar-refractivity contribution is 5.38. The predicted octanol–water partition coefficient (Wildman–Crippen LogP) is 0.331. The summed E-state index contributed by atoms with van der Waals surface area (Å²) in [5.41, 5.74) is -0.0167. The number of hydrogen-bond donors (Lipinski definition) is 1. The molecule has 2 heterocycles. The molecule has 0 aromatic carbocycles. The number of aromatic amines is 1. The fourth-order valence-electron chi connectivity index (χ4n) is 2.72. The lowest BCUT2D eigenvalue weighted by Gasteiger charge is -2.35. The van der Waals surface area contributed by atoms with Gasteiger partial charge in [-0.3, -0.25) is 9.69 Å². The van der Waals surface area contributed by atoms with E-state index in [9.17, 15) is 4.79 Å². The third-order valence-corrected chi connectivity index (χ3v) is 4.27. The maximum absolute atomic E-state index is 11.8. The fraction of sp³-hybridized carbons (Fsp3) is 0.733. The third-order valence-electron chi connectivity index (χ3n) is 4.27. The summed E-state index contributed by atoms with van der Waals surface area (Å²) in [7, 11) is 4.21. The molecule has 0 bridgehead atoms. The lowest BCUT2D eigenvalue weighted by Crippen LogP contribution is -2.48. The minimum atomic E-state index is -0.0167. The SMILES string of the molecule is CN(C)CCN1CCN(c2cc(=O)[nH]c(C3CC3)n2)CC1. The summed E-state index contributed by atoms with van der Waals surface area (Å²) in [6.45, 7) is 6.19. The highest BCUT2D eigenvalue weighted by atomic mass is 16.1. The van der Waals surface area contributed by atoms with Gasteiger partial charge >= 0.3 is 0 Å². The summed E-state index contributed by atoms with van der Waals surface area (Å²) in [6.07, 6.45) is 2.31. The van der Waals surface area contributed by atoms with Crippen LogP contribution in [0.3, 0.4) is 0 Å². The smallest absolute Gasteiger partial charge is 0.252 e. The van der Waals surface area contributed by atoms with Crippen molar-refractivity contribution in [2.24, 2.45) is 0 Å². The molecular weight excluding hydrogens is 266 g/mol. The Morgan fingerprint density at radius 2 is 2.00 bits per heavy atom. The molecule has 1 aromatic rings. The van der Waals surface area contributed by atoms with E-state index in [1.807, 2.05) is 0 Å². The van der Waals surface area contributed by atoms with Crippen LogP contribution in [0.1, 0.15) is 24.6 Å². The van der Waals surface area contributed by atoms with Gasteiger partial charge in [0.05, 0.1) is 0 Å². The summed E-state index contributed by atoms with van der Waals surface area (Å²) in [4.78, 5) is 26.3. The molecule has 2 fully saturated rings. The van der Waals surface area contributed by atoms with Gasteiger partial charge in [0.1, 0.15) is 11.6 Å². The Morgan fingerprint density at radius 3 is 2.62 bits per heavy atom. The third kappa shape index (κ3) is 3.83. The first kappa shape index (κ1) is 14.5. The Hall–Kier alpha value is -1.40. The Bertz CT molecular complexity index is 529. The van der Waals surface area contributed by atoms with Gasteiger partial charge in [0, 0.05) is 51.3 Å². The molecule has 1 aliphatic heterocycles. The van der Waals surface area contributed by atoms with Gasteiger partial charge in [-0.25, -0.2) is 4.98 Å². The maximum Gasteiger partial charge on any atom is 0.252 e. The van der Waals surface area contributed by atoms with E-state index in [1.54, 1.807) is 6.07 Å². The molecule has 1 N–H and O–H groups in total. The predicted molar refractivity (Wildman–Crippen MR) is 84.0 cm³/mol. The number of anilines is 1. The fourth-order valence-corrected chi connectivity index (χ4v) is 2.72. The van der Waals surface area contributed by atoms with E-state index >= 15 is 0 Å². The number of nitrogens with one attached hydrogen (secondary N) is 1. The van der Waals surface area contributed by atoms with Gasteiger partial charge in [0.25, 0.3) is 5.56 Å². The van der Waals surface area contributed by atoms with E-state index < -0.39 is 0 Å². The molecular formula is C15H25N5O. The molecule has 21 heavy (non-hydrogen) atoms. The standard InChI is InChI=1S/C15H25N5O/c1-18(2)5-6-19-7-9-20(10-8-19)13-11-14(21)17-15(16-13)12-3-4-12/h11-12H,3-10H2,1-2H3,(H,16,17,21). The summed E-state index contributed by atoms with van der Waals surface area (Å²) in [6, 6.07) is 1.64. The van der Waals surface area contributed by atoms with Gasteiger partial charge in [0.15, 0.2) is 0 Å². The van der Waals surface area contributed by atoms with Gasteiger partial charge in [-0.05, 0) is 26.9 Å². The summed E-state index contributed by atoms with van der Waals surface area (Å²) in [5.74, 6) is 2.22. The van der Waals surface area contributed by atoms with Crippen LogP contribution in [0.4, 0.5) is 5.82 Å². The van der Waals surface area contributed by atoms with E-state index in [0.717, 1.165) is 63.8 Å². The van der Waals surface area contributed by atoms with E-state index in [1.165, 1.54) is 0 Å². The highest BCUT2D eigenvalue weighted by Crippen LogP contribution is 2.37. The molecule has 0 spiro atoms. The summed E-state index contributed by atoms with van der Waals surface area (Å²) >= 11 is 0. The van der Waals surface area contributed by atoms with Gasteiger partial charge in [-0.2, -0.15) is 0 Å². The van der Waals surface area contributed by atoms with Crippen molar-refractivity contribution in [2.45, 2.75) is 18.8 Å². The number of H-pyrrole nitrogens is 1. The van der Waals surface area contributed by atoms with Crippen LogP contribution in [-0.4, -0.2) is 73.1 Å². The topological polar surface area (TPSA) is 55.5 Å². The van der Waals surface area contributed by atoms with Crippen molar-refractivity contribution in [3.63, 3.8) is 0 Å². The van der Waals surface area contributed by atoms with Crippen molar-refractivity contribution in [1.82, 2.24) is 19.8 Å². The van der Waals surface area contributed by atoms with Crippen molar-refractivity contribution >= 4 is 5.82 Å². The lowest BCUT2D eigenvalue weighted by molar-refractivity contribution is 0.229. The van der Waals surface area contributed by atoms with Crippen LogP contribution in [0.15, 0.2) is 10.9 Å². The first-order valence-electron chi connectivity index (χ1n) is 7.85. The monoisotopic (exact) mass is 291 g/mol. The maximum atomic E-state index is 11.8. The molecule has 1 aliphatic carbocycles. The summed E-state index contributed by atoms with van der Waals surface area (Å²) in [5, 5.41) is 0. The van der Waals surface area contributed by atoms with Crippen LogP contribution in [-0.2, 0) is 0 Å². The zero-order valence-corrected chi connectivity index (χ0v) is 13.0. The van der Waals surface area contributed by atoms with Gasteiger partial charge in [-0.15, -0.1) is 0 Å². The van der Waals surface area contributed by atoms with Crippen molar-refractivity contribution in [1.29, 1.82) is 0 Å². The van der Waals surface area contributed by atoms with Crippen molar-refractivity contribution in [3.05, 3.63) is 22.2 Å². The van der Waals surface area contributed by atoms with E-state index in [2.05, 4.69) is 38.8 Å². The van der Waals surface area contributed by atoms with Crippen LogP contribution < -0.4 is 10.5 Å². The first-order valence-corrected chi connectivity index (χ1v) is 7.85.